The largest absolute Gasteiger partial charge is 0.398 e. The molecule has 1 unspecified atom stereocenters. The number of halogens is 4. The Hall–Kier alpha value is -0.750. The highest BCUT2D eigenvalue weighted by atomic mass is 35.5. The summed E-state index contributed by atoms with van der Waals surface area (Å²) in [6, 6.07) is 1.16. The lowest BCUT2D eigenvalue weighted by Gasteiger charge is -2.14. The molecule has 0 radical (unpaired) electrons. The minimum absolute atomic E-state index is 0. The van der Waals surface area contributed by atoms with E-state index < -0.39 is 18.6 Å². The van der Waals surface area contributed by atoms with Gasteiger partial charge in [0.25, 0.3) is 0 Å². The van der Waals surface area contributed by atoms with Crippen LogP contribution in [0.25, 0.3) is 0 Å². The first kappa shape index (κ1) is 12.2. The summed E-state index contributed by atoms with van der Waals surface area (Å²) in [7, 11) is 0. The van der Waals surface area contributed by atoms with E-state index in [1.54, 1.807) is 0 Å². The molecule has 0 aliphatic carbocycles. The van der Waals surface area contributed by atoms with Gasteiger partial charge in [-0.2, -0.15) is 13.2 Å². The molecule has 0 saturated heterocycles. The molecule has 3 nitrogen and oxygen atoms in total. The maximum Gasteiger partial charge on any atom is 0.398 e. The molecule has 76 valence electrons. The van der Waals surface area contributed by atoms with Gasteiger partial charge in [-0.3, -0.25) is 0 Å². The summed E-state index contributed by atoms with van der Waals surface area (Å²) < 4.78 is 40.7. The summed E-state index contributed by atoms with van der Waals surface area (Å²) in [6.07, 6.45) is -3.27. The SMILES string of the molecule is Cl.NCC(c1ccon1)C(F)(F)F. The number of alkyl halides is 3. The summed E-state index contributed by atoms with van der Waals surface area (Å²) >= 11 is 0. The van der Waals surface area contributed by atoms with Crippen LogP contribution in [0.5, 0.6) is 0 Å². The van der Waals surface area contributed by atoms with E-state index in [1.807, 2.05) is 0 Å². The Kier molecular flexibility index (Phi) is 4.22. The number of nitrogens with zero attached hydrogens (tertiary/aromatic N) is 1. The second kappa shape index (κ2) is 4.48. The quantitative estimate of drug-likeness (QED) is 0.819. The smallest absolute Gasteiger partial charge is 0.364 e. The zero-order valence-corrected chi connectivity index (χ0v) is 7.23. The molecule has 0 aromatic carbocycles. The zero-order valence-electron chi connectivity index (χ0n) is 6.41. The molecule has 1 atom stereocenters. The van der Waals surface area contributed by atoms with Crippen molar-refractivity contribution in [1.82, 2.24) is 5.16 Å². The second-order valence-electron chi connectivity index (χ2n) is 2.25. The zero-order chi connectivity index (χ0) is 9.19. The van der Waals surface area contributed by atoms with Crippen LogP contribution in [0.15, 0.2) is 16.9 Å². The maximum atomic E-state index is 12.1. The third kappa shape index (κ3) is 2.89. The van der Waals surface area contributed by atoms with Crippen LogP contribution in [-0.2, 0) is 0 Å². The Labute approximate surface area is 78.5 Å². The van der Waals surface area contributed by atoms with Gasteiger partial charge in [0, 0.05) is 12.6 Å². The molecule has 1 aromatic rings. The molecule has 0 fully saturated rings. The van der Waals surface area contributed by atoms with Crippen molar-refractivity contribution < 1.29 is 17.7 Å². The van der Waals surface area contributed by atoms with Gasteiger partial charge in [0.1, 0.15) is 12.2 Å². The van der Waals surface area contributed by atoms with Crippen molar-refractivity contribution in [2.24, 2.45) is 5.73 Å². The van der Waals surface area contributed by atoms with E-state index in [0.29, 0.717) is 0 Å². The van der Waals surface area contributed by atoms with Gasteiger partial charge in [-0.25, -0.2) is 0 Å². The average molecular weight is 217 g/mol. The molecule has 1 rings (SSSR count). The molecule has 0 aliphatic rings. The third-order valence-corrected chi connectivity index (χ3v) is 1.45. The van der Waals surface area contributed by atoms with Crippen LogP contribution in [0, 0.1) is 0 Å². The lowest BCUT2D eigenvalue weighted by atomic mass is 10.1. The van der Waals surface area contributed by atoms with Crippen LogP contribution in [0.1, 0.15) is 11.6 Å². The van der Waals surface area contributed by atoms with E-state index in [9.17, 15) is 13.2 Å². The predicted octanol–water partition coefficient (Wildman–Crippen LogP) is 1.70. The number of rotatable bonds is 2. The molecule has 0 amide bonds. The van der Waals surface area contributed by atoms with E-state index in [4.69, 9.17) is 5.73 Å². The predicted molar refractivity (Wildman–Crippen MR) is 41.6 cm³/mol. The van der Waals surface area contributed by atoms with Gasteiger partial charge in [0.2, 0.25) is 0 Å². The third-order valence-electron chi connectivity index (χ3n) is 1.45. The first-order valence-corrected chi connectivity index (χ1v) is 3.22. The summed E-state index contributed by atoms with van der Waals surface area (Å²) in [4.78, 5) is 0. The Balaban J connectivity index is 0.00000144. The molecule has 7 heteroatoms. The van der Waals surface area contributed by atoms with Crippen LogP contribution >= 0.6 is 12.4 Å². The number of hydrogen-bond donors (Lipinski definition) is 1. The van der Waals surface area contributed by atoms with E-state index in [1.165, 1.54) is 0 Å². The monoisotopic (exact) mass is 216 g/mol. The second-order valence-corrected chi connectivity index (χ2v) is 2.25. The van der Waals surface area contributed by atoms with Gasteiger partial charge in [-0.1, -0.05) is 5.16 Å². The van der Waals surface area contributed by atoms with Crippen LogP contribution in [0.3, 0.4) is 0 Å². The lowest BCUT2D eigenvalue weighted by Crippen LogP contribution is -2.28. The van der Waals surface area contributed by atoms with Crippen molar-refractivity contribution in [2.75, 3.05) is 6.54 Å². The van der Waals surface area contributed by atoms with Crippen molar-refractivity contribution in [3.05, 3.63) is 18.0 Å². The number of aromatic nitrogens is 1. The Morgan fingerprint density at radius 3 is 2.46 bits per heavy atom. The van der Waals surface area contributed by atoms with Gasteiger partial charge in [-0.15, -0.1) is 12.4 Å². The molecule has 0 saturated carbocycles. The molecule has 13 heavy (non-hydrogen) atoms. The van der Waals surface area contributed by atoms with Crippen molar-refractivity contribution >= 4 is 12.4 Å². The highest BCUT2D eigenvalue weighted by Gasteiger charge is 2.41. The standard InChI is InChI=1S/C6H7F3N2O.ClH/c7-6(8,9)4(3-10)5-1-2-12-11-5;/h1-2,4H,3,10H2;1H. The first-order chi connectivity index (χ1) is 5.55. The fourth-order valence-corrected chi connectivity index (χ4v) is 0.824. The lowest BCUT2D eigenvalue weighted by molar-refractivity contribution is -0.149. The fourth-order valence-electron chi connectivity index (χ4n) is 0.824. The molecule has 0 spiro atoms. The van der Waals surface area contributed by atoms with Crippen LogP contribution in [0.4, 0.5) is 13.2 Å². The van der Waals surface area contributed by atoms with Crippen LogP contribution in [0.2, 0.25) is 0 Å². The van der Waals surface area contributed by atoms with Gasteiger partial charge >= 0.3 is 6.18 Å². The van der Waals surface area contributed by atoms with Gasteiger partial charge in [-0.05, 0) is 0 Å². The van der Waals surface area contributed by atoms with Crippen molar-refractivity contribution in [3.63, 3.8) is 0 Å². The van der Waals surface area contributed by atoms with Gasteiger partial charge < -0.3 is 10.3 Å². The van der Waals surface area contributed by atoms with E-state index in [2.05, 4.69) is 9.68 Å². The summed E-state index contributed by atoms with van der Waals surface area (Å²) in [5.74, 6) is -1.73. The number of hydrogen-bond acceptors (Lipinski definition) is 3. The topological polar surface area (TPSA) is 52.0 Å². The molecule has 0 aliphatic heterocycles. The van der Waals surface area contributed by atoms with E-state index in [0.717, 1.165) is 12.3 Å². The Morgan fingerprint density at radius 1 is 1.54 bits per heavy atom. The van der Waals surface area contributed by atoms with Gasteiger partial charge in [0.05, 0.1) is 5.69 Å². The highest BCUT2D eigenvalue weighted by molar-refractivity contribution is 5.85. The molecular weight excluding hydrogens is 209 g/mol. The minimum atomic E-state index is -4.36. The van der Waals surface area contributed by atoms with Crippen molar-refractivity contribution in [2.45, 2.75) is 12.1 Å². The van der Waals surface area contributed by atoms with Gasteiger partial charge in [0.15, 0.2) is 0 Å². The van der Waals surface area contributed by atoms with Crippen molar-refractivity contribution in [1.29, 1.82) is 0 Å². The maximum absolute atomic E-state index is 12.1. The van der Waals surface area contributed by atoms with Crippen molar-refractivity contribution in [3.8, 4) is 0 Å². The minimum Gasteiger partial charge on any atom is -0.364 e. The Morgan fingerprint density at radius 2 is 2.15 bits per heavy atom. The summed E-state index contributed by atoms with van der Waals surface area (Å²) in [6.45, 7) is -0.518. The molecule has 1 heterocycles. The average Bonchev–Trinajstić information content (AvgIpc) is 2.38. The molecular formula is C6H8ClF3N2O. The Bertz CT molecular complexity index is 237. The number of nitrogens with two attached hydrogens (primary N) is 1. The molecule has 0 bridgehead atoms. The van der Waals surface area contributed by atoms with Crippen LogP contribution in [-0.4, -0.2) is 17.9 Å². The normalized spacial score (nSPS) is 13.5. The molecule has 2 N–H and O–H groups in total. The van der Waals surface area contributed by atoms with Crippen LogP contribution < -0.4 is 5.73 Å². The highest BCUT2D eigenvalue weighted by Crippen LogP contribution is 2.32. The summed E-state index contributed by atoms with van der Waals surface area (Å²) in [5, 5.41) is 3.18. The van der Waals surface area contributed by atoms with E-state index >= 15 is 0 Å². The summed E-state index contributed by atoms with van der Waals surface area (Å²) in [5.41, 5.74) is 4.77. The molecule has 1 aromatic heterocycles. The first-order valence-electron chi connectivity index (χ1n) is 3.22. The van der Waals surface area contributed by atoms with E-state index in [-0.39, 0.29) is 18.1 Å². The fraction of sp³-hybridized carbons (Fsp3) is 0.500.